The predicted octanol–water partition coefficient (Wildman–Crippen LogP) is 11.7. The molecule has 0 radical (unpaired) electrons. The molecule has 0 amide bonds. The van der Waals surface area contributed by atoms with Crippen LogP contribution in [0.5, 0.6) is 5.75 Å². The summed E-state index contributed by atoms with van der Waals surface area (Å²) in [6.45, 7) is 13.8. The Bertz CT molecular complexity index is 1910. The predicted molar refractivity (Wildman–Crippen MR) is 211 cm³/mol. The van der Waals surface area contributed by atoms with Gasteiger partial charge in [0.2, 0.25) is 0 Å². The van der Waals surface area contributed by atoms with E-state index in [1.54, 1.807) is 24.3 Å². The van der Waals surface area contributed by atoms with E-state index in [-0.39, 0.29) is 35.5 Å². The molecule has 0 bridgehead atoms. The second-order valence-corrected chi connectivity index (χ2v) is 20.0. The molecule has 0 aromatic heterocycles. The average Bonchev–Trinajstić information content (AvgIpc) is 3.14. The van der Waals surface area contributed by atoms with Crippen molar-refractivity contribution in [2.45, 2.75) is 90.1 Å². The van der Waals surface area contributed by atoms with E-state index < -0.39 is 20.0 Å². The van der Waals surface area contributed by atoms with E-state index in [1.807, 2.05) is 85.8 Å². The van der Waals surface area contributed by atoms with E-state index >= 15 is 0 Å². The molecule has 278 valence electrons. The molecule has 2 atom stereocenters. The van der Waals surface area contributed by atoms with Gasteiger partial charge in [0.1, 0.15) is 29.5 Å². The van der Waals surface area contributed by atoms with Crippen LogP contribution in [0.25, 0.3) is 0 Å². The van der Waals surface area contributed by atoms with Gasteiger partial charge >= 0.3 is 0 Å². The number of carbonyl (C=O) groups is 1. The molecule has 8 heteroatoms. The molecule has 1 N–H and O–H groups in total. The average molecular weight is 736 g/mol. The van der Waals surface area contributed by atoms with Crippen molar-refractivity contribution < 1.29 is 27.5 Å². The highest BCUT2D eigenvalue weighted by Gasteiger charge is 2.41. The number of hydrogen-bond acceptors (Lipinski definition) is 5. The van der Waals surface area contributed by atoms with Crippen LogP contribution in [0.3, 0.4) is 0 Å². The summed E-state index contributed by atoms with van der Waals surface area (Å²) in [6, 6.07) is 38.0. The van der Waals surface area contributed by atoms with Gasteiger partial charge in [0.25, 0.3) is 0 Å². The zero-order valence-electron chi connectivity index (χ0n) is 31.6. The minimum atomic E-state index is -2.29. The normalized spacial score (nSPS) is 13.6. The Labute approximate surface area is 314 Å². The zero-order valence-corrected chi connectivity index (χ0v) is 32.6. The first-order valence-corrected chi connectivity index (χ1v) is 21.1. The van der Waals surface area contributed by atoms with Gasteiger partial charge in [-0.3, -0.25) is 4.79 Å². The van der Waals surface area contributed by atoms with Crippen molar-refractivity contribution in [3.05, 3.63) is 167 Å². The van der Waals surface area contributed by atoms with Gasteiger partial charge in [-0.1, -0.05) is 106 Å². The molecule has 5 nitrogen and oxygen atoms in total. The quantitative estimate of drug-likeness (QED) is 0.0964. The summed E-state index contributed by atoms with van der Waals surface area (Å²) in [7, 11) is -2.29. The van der Waals surface area contributed by atoms with E-state index in [9.17, 15) is 13.6 Å². The van der Waals surface area contributed by atoms with E-state index in [2.05, 4.69) is 39.2 Å². The first-order valence-electron chi connectivity index (χ1n) is 18.2. The largest absolute Gasteiger partial charge is 0.489 e. The number of rotatable bonds is 17. The highest BCUT2D eigenvalue weighted by atomic mass is 28.4. The van der Waals surface area contributed by atoms with Gasteiger partial charge in [0, 0.05) is 17.7 Å². The Hall–Kier alpha value is -4.63. The molecule has 0 aliphatic carbocycles. The van der Waals surface area contributed by atoms with Crippen molar-refractivity contribution in [2.75, 3.05) is 5.32 Å². The molecule has 5 aromatic rings. The van der Waals surface area contributed by atoms with Crippen molar-refractivity contribution in [3.8, 4) is 5.75 Å². The van der Waals surface area contributed by atoms with Gasteiger partial charge in [-0.15, -0.1) is 0 Å². The van der Waals surface area contributed by atoms with Crippen LogP contribution in [0.4, 0.5) is 14.5 Å². The maximum Gasteiger partial charge on any atom is 0.192 e. The van der Waals surface area contributed by atoms with Gasteiger partial charge < -0.3 is 19.2 Å². The minimum Gasteiger partial charge on any atom is -0.489 e. The number of anilines is 1. The second kappa shape index (κ2) is 17.5. The van der Waals surface area contributed by atoms with Crippen LogP contribution in [0.2, 0.25) is 18.1 Å². The summed E-state index contributed by atoms with van der Waals surface area (Å²) in [5.41, 5.74) is 3.69. The number of nitrogens with one attached hydrogen (secondary N) is 1. The number of ketones is 1. The van der Waals surface area contributed by atoms with Gasteiger partial charge in [-0.05, 0) is 96.2 Å². The fourth-order valence-electron chi connectivity index (χ4n) is 5.91. The lowest BCUT2D eigenvalue weighted by Crippen LogP contribution is -2.43. The lowest BCUT2D eigenvalue weighted by Gasteiger charge is -2.40. The fourth-order valence-corrected chi connectivity index (χ4v) is 7.23. The molecule has 0 aliphatic heterocycles. The van der Waals surface area contributed by atoms with Crippen LogP contribution in [-0.4, -0.2) is 14.1 Å². The van der Waals surface area contributed by atoms with Gasteiger partial charge in [0.15, 0.2) is 14.1 Å². The van der Waals surface area contributed by atoms with Crippen LogP contribution in [-0.2, 0) is 39.3 Å². The molecule has 0 spiro atoms. The molecule has 5 aromatic carbocycles. The first-order chi connectivity index (χ1) is 25.2. The van der Waals surface area contributed by atoms with Crippen LogP contribution in [0.15, 0.2) is 127 Å². The van der Waals surface area contributed by atoms with Crippen LogP contribution in [0.1, 0.15) is 74.5 Å². The lowest BCUT2D eigenvalue weighted by molar-refractivity contribution is -0.123. The highest BCUT2D eigenvalue weighted by molar-refractivity contribution is 6.74. The SMILES string of the molecule is CC(Nc1ccc(F)cc1)(C(=O)CCC(O[Si](C)(C)C(C)(C)C)c1ccc(F)cc1)c1ccc(COCc2ccccc2)cc1OCc1ccccc1. The smallest absolute Gasteiger partial charge is 0.192 e. The summed E-state index contributed by atoms with van der Waals surface area (Å²) < 4.78 is 47.5. The first kappa shape index (κ1) is 39.6. The zero-order chi connectivity index (χ0) is 38.1. The van der Waals surface area contributed by atoms with Crippen LogP contribution in [0, 0.1) is 11.6 Å². The Morgan fingerprint density at radius 1 is 0.698 bits per heavy atom. The van der Waals surface area contributed by atoms with Crippen molar-refractivity contribution in [2.24, 2.45) is 0 Å². The van der Waals surface area contributed by atoms with Gasteiger partial charge in [-0.2, -0.15) is 0 Å². The number of ether oxygens (including phenoxy) is 2. The molecule has 0 heterocycles. The maximum atomic E-state index is 14.8. The van der Waals surface area contributed by atoms with Gasteiger partial charge in [-0.25, -0.2) is 8.78 Å². The number of carbonyl (C=O) groups excluding carboxylic acids is 1. The summed E-state index contributed by atoms with van der Waals surface area (Å²) >= 11 is 0. The van der Waals surface area contributed by atoms with E-state index in [0.717, 1.165) is 22.3 Å². The molecule has 53 heavy (non-hydrogen) atoms. The highest BCUT2D eigenvalue weighted by Crippen LogP contribution is 2.42. The number of Topliss-reactive ketones (excluding diaryl/α,β-unsaturated/α-hetero) is 1. The van der Waals surface area contributed by atoms with E-state index in [1.165, 1.54) is 24.3 Å². The third-order valence-electron chi connectivity index (χ3n) is 10.1. The molecule has 0 aliphatic rings. The Morgan fingerprint density at radius 3 is 1.83 bits per heavy atom. The van der Waals surface area contributed by atoms with Crippen molar-refractivity contribution in [3.63, 3.8) is 0 Å². The second-order valence-electron chi connectivity index (χ2n) is 15.2. The Kier molecular flexibility index (Phi) is 13.0. The molecular formula is C45H51F2NO4Si. The fraction of sp³-hybridized carbons (Fsp3) is 0.311. The van der Waals surface area contributed by atoms with Crippen LogP contribution < -0.4 is 10.1 Å². The van der Waals surface area contributed by atoms with E-state index in [0.29, 0.717) is 36.6 Å². The molecule has 0 fully saturated rings. The van der Waals surface area contributed by atoms with E-state index in [4.69, 9.17) is 13.9 Å². The topological polar surface area (TPSA) is 56.8 Å². The number of hydrogen-bond donors (Lipinski definition) is 1. The molecular weight excluding hydrogens is 685 g/mol. The maximum absolute atomic E-state index is 14.8. The molecule has 5 rings (SSSR count). The summed E-state index contributed by atoms with van der Waals surface area (Å²) in [5.74, 6) is -0.276. The summed E-state index contributed by atoms with van der Waals surface area (Å²) in [4.78, 5) is 14.8. The third kappa shape index (κ3) is 10.7. The van der Waals surface area contributed by atoms with Crippen LogP contribution >= 0.6 is 0 Å². The lowest BCUT2D eigenvalue weighted by atomic mass is 9.83. The number of halogens is 2. The minimum absolute atomic E-state index is 0.0779. The van der Waals surface area contributed by atoms with Crippen molar-refractivity contribution >= 4 is 19.8 Å². The summed E-state index contributed by atoms with van der Waals surface area (Å²) in [6.07, 6.45) is 0.0958. The Balaban J connectivity index is 1.49. The standard InChI is InChI=1S/C45H51F2NO4Si/c1-44(2,3)53(5,6)52-41(36-18-20-37(46)21-19-36)27-28-43(49)45(4,48-39-24-22-38(47)23-25-39)40-26-17-35(31-50-30-33-13-9-7-10-14-33)29-42(40)51-32-34-15-11-8-12-16-34/h7-26,29,41,48H,27-28,30-32H2,1-6H3. The summed E-state index contributed by atoms with van der Waals surface area (Å²) in [5, 5.41) is 3.38. The number of benzene rings is 5. The van der Waals surface area contributed by atoms with Gasteiger partial charge in [0.05, 0.1) is 19.3 Å². The van der Waals surface area contributed by atoms with Crippen molar-refractivity contribution in [1.82, 2.24) is 0 Å². The third-order valence-corrected chi connectivity index (χ3v) is 14.6. The molecule has 0 saturated heterocycles. The van der Waals surface area contributed by atoms with Crippen molar-refractivity contribution in [1.29, 1.82) is 0 Å². The molecule has 2 unspecified atom stereocenters. The molecule has 0 saturated carbocycles. The monoisotopic (exact) mass is 735 g/mol. The Morgan fingerprint density at radius 2 is 1.25 bits per heavy atom.